The van der Waals surface area contributed by atoms with Crippen LogP contribution in [0.4, 0.5) is 20.2 Å². The summed E-state index contributed by atoms with van der Waals surface area (Å²) in [5.41, 5.74) is 1.67. The summed E-state index contributed by atoms with van der Waals surface area (Å²) < 4.78 is 34.7. The van der Waals surface area contributed by atoms with E-state index in [2.05, 4.69) is 15.4 Å². The fraction of sp³-hybridized carbons (Fsp3) is 0.273. The van der Waals surface area contributed by atoms with Gasteiger partial charge in [-0.25, -0.2) is 0 Å². The van der Waals surface area contributed by atoms with E-state index in [-0.39, 0.29) is 29.9 Å². The Bertz CT molecular complexity index is 914. The molecule has 6 nitrogen and oxygen atoms in total. The molecule has 0 aliphatic heterocycles. The van der Waals surface area contributed by atoms with Gasteiger partial charge in [0.15, 0.2) is 11.5 Å². The Morgan fingerprint density at radius 1 is 1.03 bits per heavy atom. The molecule has 2 rings (SSSR count). The van der Waals surface area contributed by atoms with E-state index < -0.39 is 12.5 Å². The molecule has 0 fully saturated rings. The minimum atomic E-state index is -2.96. The zero-order chi connectivity index (χ0) is 22.1. The fourth-order valence-corrected chi connectivity index (χ4v) is 2.41. The highest BCUT2D eigenvalue weighted by molar-refractivity contribution is 6.02. The maximum Gasteiger partial charge on any atom is 0.387 e. The zero-order valence-electron chi connectivity index (χ0n) is 16.9. The van der Waals surface area contributed by atoms with Gasteiger partial charge in [-0.3, -0.25) is 9.59 Å². The summed E-state index contributed by atoms with van der Waals surface area (Å²) in [6, 6.07) is 11.2. The molecule has 0 spiro atoms. The maximum atomic E-state index is 12.5. The third-order valence-corrected chi connectivity index (χ3v) is 3.83. The number of benzene rings is 2. The van der Waals surface area contributed by atoms with Crippen LogP contribution in [0.2, 0.25) is 0 Å². The number of halogens is 2. The molecule has 8 heteroatoms. The van der Waals surface area contributed by atoms with E-state index in [1.165, 1.54) is 30.4 Å². The lowest BCUT2D eigenvalue weighted by Gasteiger charge is -2.11. The molecule has 0 aliphatic rings. The van der Waals surface area contributed by atoms with Crippen molar-refractivity contribution in [1.82, 2.24) is 0 Å². The van der Waals surface area contributed by atoms with Gasteiger partial charge >= 0.3 is 6.61 Å². The molecule has 2 aromatic carbocycles. The van der Waals surface area contributed by atoms with Gasteiger partial charge in [0, 0.05) is 23.4 Å². The maximum absolute atomic E-state index is 12.5. The lowest BCUT2D eigenvalue weighted by Crippen LogP contribution is -2.17. The quantitative estimate of drug-likeness (QED) is 0.566. The van der Waals surface area contributed by atoms with Gasteiger partial charge in [0.05, 0.1) is 6.61 Å². The molecule has 0 bridgehead atoms. The van der Waals surface area contributed by atoms with Crippen LogP contribution in [0.5, 0.6) is 11.5 Å². The molecule has 0 radical (unpaired) electrons. The van der Waals surface area contributed by atoms with E-state index in [1.807, 2.05) is 0 Å². The van der Waals surface area contributed by atoms with Crippen LogP contribution in [0, 0.1) is 5.92 Å². The van der Waals surface area contributed by atoms with Gasteiger partial charge in [0.1, 0.15) is 0 Å². The second-order valence-corrected chi connectivity index (χ2v) is 6.57. The van der Waals surface area contributed by atoms with E-state index >= 15 is 0 Å². The van der Waals surface area contributed by atoms with E-state index in [9.17, 15) is 18.4 Å². The van der Waals surface area contributed by atoms with Crippen LogP contribution in [-0.2, 0) is 9.59 Å². The molecule has 0 heterocycles. The van der Waals surface area contributed by atoms with Gasteiger partial charge in [0.25, 0.3) is 0 Å². The Balaban J connectivity index is 2.05. The average Bonchev–Trinajstić information content (AvgIpc) is 2.68. The first-order chi connectivity index (χ1) is 14.3. The van der Waals surface area contributed by atoms with Crippen molar-refractivity contribution < 1.29 is 27.8 Å². The Morgan fingerprint density at radius 2 is 1.73 bits per heavy atom. The van der Waals surface area contributed by atoms with E-state index in [4.69, 9.17) is 4.74 Å². The first-order valence-corrected chi connectivity index (χ1v) is 9.40. The van der Waals surface area contributed by atoms with Gasteiger partial charge in [-0.2, -0.15) is 8.78 Å². The summed E-state index contributed by atoms with van der Waals surface area (Å²) in [6.45, 7) is 2.61. The van der Waals surface area contributed by atoms with E-state index in [1.54, 1.807) is 45.0 Å². The lowest BCUT2D eigenvalue weighted by molar-refractivity contribution is -0.119. The van der Waals surface area contributed by atoms with Gasteiger partial charge in [0.2, 0.25) is 11.8 Å². The standard InChI is InChI=1S/C22H24F2N2O4/c1-4-29-19-12-15(8-10-18(19)30-22(23)24)9-11-20(27)25-16-6-5-7-17(13-16)26-21(28)14(2)3/h5-14,22H,4H2,1-3H3,(H,25,27)(H,26,28)/b11-9+. The molecule has 160 valence electrons. The summed E-state index contributed by atoms with van der Waals surface area (Å²) in [6.07, 6.45) is 2.83. The van der Waals surface area contributed by atoms with Gasteiger partial charge in [-0.1, -0.05) is 26.0 Å². The SMILES string of the molecule is CCOc1cc(/C=C/C(=O)Nc2cccc(NC(=O)C(C)C)c2)ccc1OC(F)F. The zero-order valence-corrected chi connectivity index (χ0v) is 16.9. The van der Waals surface area contributed by atoms with Crippen LogP contribution < -0.4 is 20.1 Å². The number of ether oxygens (including phenoxy) is 2. The normalized spacial score (nSPS) is 11.0. The molecule has 30 heavy (non-hydrogen) atoms. The van der Waals surface area contributed by atoms with Crippen molar-refractivity contribution in [3.8, 4) is 11.5 Å². The van der Waals surface area contributed by atoms with Gasteiger partial charge in [-0.15, -0.1) is 0 Å². The highest BCUT2D eigenvalue weighted by atomic mass is 19.3. The highest BCUT2D eigenvalue weighted by Crippen LogP contribution is 2.30. The molecule has 0 saturated heterocycles. The predicted octanol–water partition coefficient (Wildman–Crippen LogP) is 4.93. The minimum Gasteiger partial charge on any atom is -0.490 e. The highest BCUT2D eigenvalue weighted by Gasteiger charge is 2.11. The number of hydrogen-bond acceptors (Lipinski definition) is 4. The number of rotatable bonds is 9. The summed E-state index contributed by atoms with van der Waals surface area (Å²) in [7, 11) is 0. The number of amides is 2. The van der Waals surface area contributed by atoms with Crippen molar-refractivity contribution in [2.24, 2.45) is 5.92 Å². The van der Waals surface area contributed by atoms with Crippen molar-refractivity contribution in [2.75, 3.05) is 17.2 Å². The summed E-state index contributed by atoms with van der Waals surface area (Å²) >= 11 is 0. The molecular weight excluding hydrogens is 394 g/mol. The Kier molecular flexibility index (Phi) is 8.34. The lowest BCUT2D eigenvalue weighted by atomic mass is 10.2. The summed E-state index contributed by atoms with van der Waals surface area (Å²) in [5.74, 6) is -0.594. The number of alkyl halides is 2. The van der Waals surface area contributed by atoms with Crippen LogP contribution in [0.15, 0.2) is 48.5 Å². The Labute approximate surface area is 173 Å². The molecule has 2 amide bonds. The summed E-state index contributed by atoms with van der Waals surface area (Å²) in [4.78, 5) is 24.0. The molecule has 0 aromatic heterocycles. The minimum absolute atomic E-state index is 0.0753. The smallest absolute Gasteiger partial charge is 0.387 e. The fourth-order valence-electron chi connectivity index (χ4n) is 2.41. The average molecular weight is 418 g/mol. The van der Waals surface area contributed by atoms with Crippen molar-refractivity contribution in [3.63, 3.8) is 0 Å². The van der Waals surface area contributed by atoms with Crippen molar-refractivity contribution in [3.05, 3.63) is 54.1 Å². The van der Waals surface area contributed by atoms with E-state index in [0.29, 0.717) is 16.9 Å². The van der Waals surface area contributed by atoms with Crippen LogP contribution in [0.1, 0.15) is 26.3 Å². The molecule has 2 aromatic rings. The Hall–Kier alpha value is -3.42. The van der Waals surface area contributed by atoms with Crippen LogP contribution in [0.25, 0.3) is 6.08 Å². The second-order valence-electron chi connectivity index (χ2n) is 6.57. The Morgan fingerprint density at radius 3 is 2.37 bits per heavy atom. The summed E-state index contributed by atoms with van der Waals surface area (Å²) in [5, 5.41) is 5.46. The molecule has 0 atom stereocenters. The monoisotopic (exact) mass is 418 g/mol. The number of carbonyl (C=O) groups is 2. The van der Waals surface area contributed by atoms with Crippen LogP contribution >= 0.6 is 0 Å². The molecule has 0 aliphatic carbocycles. The molecule has 2 N–H and O–H groups in total. The predicted molar refractivity (Wildman–Crippen MR) is 112 cm³/mol. The first kappa shape index (κ1) is 22.9. The first-order valence-electron chi connectivity index (χ1n) is 9.40. The van der Waals surface area contributed by atoms with Gasteiger partial charge in [-0.05, 0) is 48.9 Å². The van der Waals surface area contributed by atoms with Crippen molar-refractivity contribution >= 4 is 29.3 Å². The molecule has 0 saturated carbocycles. The van der Waals surface area contributed by atoms with Crippen molar-refractivity contribution in [2.45, 2.75) is 27.4 Å². The largest absolute Gasteiger partial charge is 0.490 e. The third-order valence-electron chi connectivity index (χ3n) is 3.83. The van der Waals surface area contributed by atoms with Gasteiger partial charge < -0.3 is 20.1 Å². The van der Waals surface area contributed by atoms with Crippen LogP contribution in [0.3, 0.4) is 0 Å². The number of hydrogen-bond donors (Lipinski definition) is 2. The second kappa shape index (κ2) is 10.9. The number of anilines is 2. The number of carbonyl (C=O) groups excluding carboxylic acids is 2. The molecule has 0 unspecified atom stereocenters. The number of nitrogens with one attached hydrogen (secondary N) is 2. The third kappa shape index (κ3) is 7.20. The van der Waals surface area contributed by atoms with Crippen LogP contribution in [-0.4, -0.2) is 25.0 Å². The van der Waals surface area contributed by atoms with Crippen molar-refractivity contribution in [1.29, 1.82) is 0 Å². The van der Waals surface area contributed by atoms with E-state index in [0.717, 1.165) is 0 Å². The topological polar surface area (TPSA) is 76.7 Å². The molecular formula is C22H24F2N2O4.